The Bertz CT molecular complexity index is 675. The first-order valence-electron chi connectivity index (χ1n) is 9.58. The van der Waals surface area contributed by atoms with Crippen LogP contribution in [0.4, 0.5) is 5.69 Å². The molecule has 0 N–H and O–H groups in total. The van der Waals surface area contributed by atoms with Crippen molar-refractivity contribution in [2.45, 2.75) is 57.7 Å². The fourth-order valence-corrected chi connectivity index (χ4v) is 4.55. The molecule has 0 spiro atoms. The van der Waals surface area contributed by atoms with Gasteiger partial charge in [-0.1, -0.05) is 18.2 Å². The van der Waals surface area contributed by atoms with Gasteiger partial charge >= 0.3 is 0 Å². The molecule has 134 valence electrons. The number of hydrogen-bond donors (Lipinski definition) is 0. The van der Waals surface area contributed by atoms with Crippen LogP contribution in [0.3, 0.4) is 0 Å². The van der Waals surface area contributed by atoms with Crippen LogP contribution in [-0.4, -0.2) is 53.3 Å². The standard InChI is InChI=1S/C20H27N3O2/c1-15(22-12-5-4-10-19(22)24)20(25)23-14-17-8-6-11-21(17)13-16-7-2-3-9-18(16)23/h2-3,7,9,15,17H,4-6,8,10-14H2,1H3/t15-,17+/m0/s1. The number of anilines is 1. The summed E-state index contributed by atoms with van der Waals surface area (Å²) in [6, 6.07) is 8.30. The number of likely N-dealkylation sites (tertiary alicyclic amines) is 1. The minimum atomic E-state index is -0.381. The van der Waals surface area contributed by atoms with E-state index in [0.29, 0.717) is 19.0 Å². The Labute approximate surface area is 149 Å². The van der Waals surface area contributed by atoms with Crippen molar-refractivity contribution in [3.63, 3.8) is 0 Å². The molecule has 2 amide bonds. The van der Waals surface area contributed by atoms with Gasteiger partial charge in [0.05, 0.1) is 0 Å². The summed E-state index contributed by atoms with van der Waals surface area (Å²) < 4.78 is 0. The number of rotatable bonds is 2. The van der Waals surface area contributed by atoms with E-state index in [1.807, 2.05) is 17.9 Å². The Hall–Kier alpha value is -1.88. The third kappa shape index (κ3) is 3.06. The van der Waals surface area contributed by atoms with Crippen molar-refractivity contribution in [1.82, 2.24) is 9.80 Å². The molecule has 3 aliphatic rings. The second-order valence-corrected chi connectivity index (χ2v) is 7.56. The Morgan fingerprint density at radius 2 is 2.00 bits per heavy atom. The van der Waals surface area contributed by atoms with E-state index >= 15 is 0 Å². The molecule has 0 aromatic heterocycles. The Morgan fingerprint density at radius 3 is 2.84 bits per heavy atom. The number of carbonyl (C=O) groups is 2. The van der Waals surface area contributed by atoms with Crippen LogP contribution >= 0.6 is 0 Å². The Kier molecular flexibility index (Phi) is 4.50. The second kappa shape index (κ2) is 6.79. The SMILES string of the molecule is C[C@@H](C(=O)N1C[C@H]2CCCN2Cc2ccccc21)N1CCCCC1=O. The Balaban J connectivity index is 1.63. The predicted octanol–water partition coefficient (Wildman–Crippen LogP) is 2.40. The third-order valence-electron chi connectivity index (χ3n) is 6.00. The maximum atomic E-state index is 13.4. The van der Waals surface area contributed by atoms with Gasteiger partial charge in [0.15, 0.2) is 0 Å². The normalized spacial score (nSPS) is 25.3. The van der Waals surface area contributed by atoms with Crippen molar-refractivity contribution in [3.05, 3.63) is 29.8 Å². The van der Waals surface area contributed by atoms with Crippen LogP contribution in [-0.2, 0) is 16.1 Å². The summed E-state index contributed by atoms with van der Waals surface area (Å²) in [5, 5.41) is 0. The highest BCUT2D eigenvalue weighted by Gasteiger charge is 2.37. The highest BCUT2D eigenvalue weighted by molar-refractivity contribution is 5.99. The number of carbonyl (C=O) groups excluding carboxylic acids is 2. The molecule has 5 nitrogen and oxygen atoms in total. The molecule has 2 atom stereocenters. The van der Waals surface area contributed by atoms with E-state index in [0.717, 1.165) is 44.6 Å². The number of fused-ring (bicyclic) bond motifs is 2. The molecule has 0 aliphatic carbocycles. The van der Waals surface area contributed by atoms with Crippen molar-refractivity contribution in [3.8, 4) is 0 Å². The lowest BCUT2D eigenvalue weighted by atomic mass is 10.1. The molecule has 4 rings (SSSR count). The molecule has 25 heavy (non-hydrogen) atoms. The van der Waals surface area contributed by atoms with Crippen LogP contribution in [0.5, 0.6) is 0 Å². The van der Waals surface area contributed by atoms with Crippen molar-refractivity contribution in [2.24, 2.45) is 0 Å². The highest BCUT2D eigenvalue weighted by atomic mass is 16.2. The second-order valence-electron chi connectivity index (χ2n) is 7.56. The van der Waals surface area contributed by atoms with E-state index in [9.17, 15) is 9.59 Å². The molecule has 2 fully saturated rings. The van der Waals surface area contributed by atoms with Crippen LogP contribution in [0.1, 0.15) is 44.6 Å². The summed E-state index contributed by atoms with van der Waals surface area (Å²) in [5.74, 6) is 0.189. The van der Waals surface area contributed by atoms with Gasteiger partial charge in [-0.05, 0) is 50.8 Å². The van der Waals surface area contributed by atoms with Gasteiger partial charge in [-0.2, -0.15) is 0 Å². The molecule has 0 unspecified atom stereocenters. The molecule has 2 saturated heterocycles. The monoisotopic (exact) mass is 341 g/mol. The van der Waals surface area contributed by atoms with E-state index in [1.54, 1.807) is 4.90 Å². The van der Waals surface area contributed by atoms with Crippen molar-refractivity contribution < 1.29 is 9.59 Å². The number of hydrogen-bond acceptors (Lipinski definition) is 3. The fraction of sp³-hybridized carbons (Fsp3) is 0.600. The maximum Gasteiger partial charge on any atom is 0.249 e. The molecule has 0 radical (unpaired) electrons. The molecular formula is C20H27N3O2. The smallest absolute Gasteiger partial charge is 0.249 e. The largest absolute Gasteiger partial charge is 0.331 e. The van der Waals surface area contributed by atoms with Gasteiger partial charge in [-0.15, -0.1) is 0 Å². The summed E-state index contributed by atoms with van der Waals surface area (Å²) in [4.78, 5) is 31.9. The lowest BCUT2D eigenvalue weighted by Crippen LogP contribution is -2.52. The summed E-state index contributed by atoms with van der Waals surface area (Å²) in [6.07, 6.45) is 4.87. The van der Waals surface area contributed by atoms with E-state index < -0.39 is 0 Å². The zero-order chi connectivity index (χ0) is 17.4. The quantitative estimate of drug-likeness (QED) is 0.830. The number of amides is 2. The first-order chi connectivity index (χ1) is 12.1. The zero-order valence-electron chi connectivity index (χ0n) is 15.0. The van der Waals surface area contributed by atoms with Crippen LogP contribution in [0.2, 0.25) is 0 Å². The topological polar surface area (TPSA) is 43.9 Å². The van der Waals surface area contributed by atoms with Gasteiger partial charge < -0.3 is 9.80 Å². The summed E-state index contributed by atoms with van der Waals surface area (Å²) in [7, 11) is 0. The molecule has 0 bridgehead atoms. The number of nitrogens with zero attached hydrogens (tertiary/aromatic N) is 3. The summed E-state index contributed by atoms with van der Waals surface area (Å²) >= 11 is 0. The Morgan fingerprint density at radius 1 is 1.16 bits per heavy atom. The van der Waals surface area contributed by atoms with Crippen LogP contribution in [0, 0.1) is 0 Å². The lowest BCUT2D eigenvalue weighted by Gasteiger charge is -2.35. The van der Waals surface area contributed by atoms with E-state index in [2.05, 4.69) is 23.1 Å². The minimum absolute atomic E-state index is 0.0662. The molecular weight excluding hydrogens is 314 g/mol. The zero-order valence-corrected chi connectivity index (χ0v) is 15.0. The molecule has 1 aromatic carbocycles. The maximum absolute atomic E-state index is 13.4. The number of piperidine rings is 1. The van der Waals surface area contributed by atoms with Gasteiger partial charge in [-0.25, -0.2) is 0 Å². The van der Waals surface area contributed by atoms with Crippen molar-refractivity contribution >= 4 is 17.5 Å². The minimum Gasteiger partial charge on any atom is -0.331 e. The van der Waals surface area contributed by atoms with Gasteiger partial charge in [0, 0.05) is 37.8 Å². The average Bonchev–Trinajstić information content (AvgIpc) is 3.00. The van der Waals surface area contributed by atoms with Crippen LogP contribution in [0.15, 0.2) is 24.3 Å². The van der Waals surface area contributed by atoms with Gasteiger partial charge in [0.2, 0.25) is 11.8 Å². The van der Waals surface area contributed by atoms with Crippen molar-refractivity contribution in [2.75, 3.05) is 24.5 Å². The van der Waals surface area contributed by atoms with Gasteiger partial charge in [0.25, 0.3) is 0 Å². The number of para-hydroxylation sites is 1. The summed E-state index contributed by atoms with van der Waals surface area (Å²) in [6.45, 7) is 5.37. The van der Waals surface area contributed by atoms with E-state index in [-0.39, 0.29) is 17.9 Å². The molecule has 3 aliphatic heterocycles. The van der Waals surface area contributed by atoms with Crippen LogP contribution < -0.4 is 4.90 Å². The van der Waals surface area contributed by atoms with Gasteiger partial charge in [-0.3, -0.25) is 14.5 Å². The first kappa shape index (κ1) is 16.6. The summed E-state index contributed by atoms with van der Waals surface area (Å²) in [5.41, 5.74) is 2.25. The third-order valence-corrected chi connectivity index (χ3v) is 6.00. The highest BCUT2D eigenvalue weighted by Crippen LogP contribution is 2.32. The van der Waals surface area contributed by atoms with E-state index in [1.165, 1.54) is 12.0 Å². The molecule has 1 aromatic rings. The van der Waals surface area contributed by atoms with E-state index in [4.69, 9.17) is 0 Å². The predicted molar refractivity (Wildman–Crippen MR) is 97.3 cm³/mol. The molecule has 3 heterocycles. The average molecular weight is 341 g/mol. The first-order valence-corrected chi connectivity index (χ1v) is 9.58. The lowest BCUT2D eigenvalue weighted by molar-refractivity contribution is -0.140. The molecule has 0 saturated carbocycles. The fourth-order valence-electron chi connectivity index (χ4n) is 4.55. The molecule has 5 heteroatoms. The van der Waals surface area contributed by atoms with Crippen LogP contribution in [0.25, 0.3) is 0 Å². The van der Waals surface area contributed by atoms with Gasteiger partial charge in [0.1, 0.15) is 6.04 Å². The van der Waals surface area contributed by atoms with Crippen molar-refractivity contribution in [1.29, 1.82) is 0 Å². The number of benzene rings is 1.